The molecule has 0 spiro atoms. The van der Waals surface area contributed by atoms with E-state index in [-0.39, 0.29) is 35.2 Å². The lowest BCUT2D eigenvalue weighted by Gasteiger charge is -2.28. The van der Waals surface area contributed by atoms with Crippen LogP contribution in [0.15, 0.2) is 22.0 Å². The number of thioether (sulfide) groups is 1. The summed E-state index contributed by atoms with van der Waals surface area (Å²) in [6, 6.07) is 1.13. The van der Waals surface area contributed by atoms with Gasteiger partial charge in [-0.1, -0.05) is 0 Å². The molecule has 2 saturated heterocycles. The lowest BCUT2D eigenvalue weighted by Crippen LogP contribution is -2.35. The van der Waals surface area contributed by atoms with E-state index in [9.17, 15) is 14.7 Å². The van der Waals surface area contributed by atoms with Gasteiger partial charge in [-0.2, -0.15) is 0 Å². The van der Waals surface area contributed by atoms with E-state index >= 15 is 4.39 Å². The molecule has 7 nitrogen and oxygen atoms in total. The van der Waals surface area contributed by atoms with Crippen molar-refractivity contribution in [3.8, 4) is 0 Å². The van der Waals surface area contributed by atoms with Crippen LogP contribution in [0.1, 0.15) is 35.7 Å². The Morgan fingerprint density at radius 2 is 2.14 bits per heavy atom. The first-order valence-corrected chi connectivity index (χ1v) is 11.0. The first kappa shape index (κ1) is 18.9. The molecule has 1 aromatic carbocycles. The van der Waals surface area contributed by atoms with Crippen LogP contribution >= 0.6 is 11.8 Å². The number of aromatic nitrogens is 1. The maximum Gasteiger partial charge on any atom is 0.341 e. The molecule has 29 heavy (non-hydrogen) atoms. The molecule has 0 amide bonds. The number of pyridine rings is 1. The Balaban J connectivity index is 1.80. The van der Waals surface area contributed by atoms with Crippen LogP contribution in [0.3, 0.4) is 0 Å². The van der Waals surface area contributed by atoms with E-state index in [1.807, 2.05) is 15.7 Å². The number of carboxylic acid groups (broad SMARTS) is 1. The number of halogens is 1. The Labute approximate surface area is 170 Å². The van der Waals surface area contributed by atoms with Crippen molar-refractivity contribution >= 4 is 34.3 Å². The van der Waals surface area contributed by atoms with Crippen molar-refractivity contribution in [3.63, 3.8) is 0 Å². The summed E-state index contributed by atoms with van der Waals surface area (Å²) in [6.45, 7) is 1.07. The number of hydrogen-bond acceptors (Lipinski definition) is 6. The molecule has 154 valence electrons. The first-order valence-electron chi connectivity index (χ1n) is 9.74. The molecular weight excluding hydrogens is 397 g/mol. The van der Waals surface area contributed by atoms with E-state index < -0.39 is 17.2 Å². The van der Waals surface area contributed by atoms with Gasteiger partial charge in [0.1, 0.15) is 11.4 Å². The number of anilines is 1. The van der Waals surface area contributed by atoms with E-state index in [4.69, 9.17) is 10.5 Å². The fraction of sp³-hybridized carbons (Fsp3) is 0.500. The molecule has 0 radical (unpaired) electrons. The highest BCUT2D eigenvalue weighted by molar-refractivity contribution is 7.99. The molecule has 1 saturated carbocycles. The molecule has 3 heterocycles. The molecule has 9 heteroatoms. The lowest BCUT2D eigenvalue weighted by atomic mass is 10.1. The monoisotopic (exact) mass is 419 g/mol. The van der Waals surface area contributed by atoms with Crippen LogP contribution in [-0.2, 0) is 4.74 Å². The number of ether oxygens (including phenoxy) is 1. The maximum atomic E-state index is 15.4. The van der Waals surface area contributed by atoms with Gasteiger partial charge in [-0.05, 0) is 31.6 Å². The zero-order chi connectivity index (χ0) is 20.4. The molecule has 3 atom stereocenters. The number of nitrogens with two attached hydrogens (primary N) is 1. The van der Waals surface area contributed by atoms with Crippen molar-refractivity contribution < 1.29 is 19.0 Å². The Morgan fingerprint density at radius 1 is 1.38 bits per heavy atom. The van der Waals surface area contributed by atoms with Crippen molar-refractivity contribution in [2.45, 2.75) is 48.4 Å². The van der Waals surface area contributed by atoms with Gasteiger partial charge in [0.25, 0.3) is 0 Å². The van der Waals surface area contributed by atoms with Gasteiger partial charge in [0, 0.05) is 25.4 Å². The van der Waals surface area contributed by atoms with Crippen LogP contribution in [0.5, 0.6) is 0 Å². The third-order valence-electron chi connectivity index (χ3n) is 6.19. The number of hydrogen-bond donors (Lipinski definition) is 2. The lowest BCUT2D eigenvalue weighted by molar-refractivity contribution is 0.0695. The number of aromatic carboxylic acids is 1. The zero-order valence-electron chi connectivity index (χ0n) is 15.9. The Morgan fingerprint density at radius 3 is 2.79 bits per heavy atom. The van der Waals surface area contributed by atoms with E-state index in [2.05, 4.69) is 0 Å². The fourth-order valence-electron chi connectivity index (χ4n) is 4.76. The summed E-state index contributed by atoms with van der Waals surface area (Å²) in [7, 11) is 0. The Bertz CT molecular complexity index is 1080. The van der Waals surface area contributed by atoms with Gasteiger partial charge < -0.3 is 25.0 Å². The van der Waals surface area contributed by atoms with Crippen LogP contribution in [-0.4, -0.2) is 53.2 Å². The van der Waals surface area contributed by atoms with E-state index in [0.29, 0.717) is 29.3 Å². The van der Waals surface area contributed by atoms with E-state index in [1.54, 1.807) is 0 Å². The first-order chi connectivity index (χ1) is 13.9. The third-order valence-corrected chi connectivity index (χ3v) is 6.99. The highest BCUT2D eigenvalue weighted by atomic mass is 32.2. The number of fused-ring (bicyclic) bond motifs is 2. The van der Waals surface area contributed by atoms with Crippen LogP contribution in [0.2, 0.25) is 0 Å². The van der Waals surface area contributed by atoms with Crippen molar-refractivity contribution in [1.82, 2.24) is 4.57 Å². The predicted molar refractivity (Wildman–Crippen MR) is 109 cm³/mol. The summed E-state index contributed by atoms with van der Waals surface area (Å²) in [5.41, 5.74) is 6.33. The van der Waals surface area contributed by atoms with Crippen LogP contribution in [0.4, 0.5) is 10.1 Å². The summed E-state index contributed by atoms with van der Waals surface area (Å²) in [4.78, 5) is 27.1. The molecule has 2 aliphatic heterocycles. The minimum Gasteiger partial charge on any atom is -0.477 e. The van der Waals surface area contributed by atoms with Crippen molar-refractivity contribution in [3.05, 3.63) is 33.9 Å². The number of rotatable bonds is 4. The summed E-state index contributed by atoms with van der Waals surface area (Å²) in [5, 5.41) is 9.57. The minimum atomic E-state index is -1.29. The number of benzene rings is 1. The predicted octanol–water partition coefficient (Wildman–Crippen LogP) is 2.20. The smallest absolute Gasteiger partial charge is 0.341 e. The van der Waals surface area contributed by atoms with Crippen molar-refractivity contribution in [2.75, 3.05) is 24.3 Å². The SMILES string of the molecule is CSc1c(N2C[C@H](N)[C@H]3OCC[C@H]32)c(F)cc2c(=O)c(C(=O)O)cn(C3CC3)c12. The average Bonchev–Trinajstić information content (AvgIpc) is 3.32. The van der Waals surface area contributed by atoms with Crippen LogP contribution in [0.25, 0.3) is 10.9 Å². The van der Waals surface area contributed by atoms with E-state index in [0.717, 1.165) is 19.3 Å². The molecule has 3 aliphatic rings. The van der Waals surface area contributed by atoms with Gasteiger partial charge in [0.2, 0.25) is 5.43 Å². The highest BCUT2D eigenvalue weighted by Crippen LogP contribution is 2.45. The van der Waals surface area contributed by atoms with Crippen molar-refractivity contribution in [1.29, 1.82) is 0 Å². The molecule has 5 rings (SSSR count). The average molecular weight is 419 g/mol. The van der Waals surface area contributed by atoms with Gasteiger partial charge in [-0.15, -0.1) is 11.8 Å². The number of carboxylic acids is 1. The Kier molecular flexibility index (Phi) is 4.38. The molecule has 3 fully saturated rings. The molecule has 0 unspecified atom stereocenters. The van der Waals surface area contributed by atoms with Gasteiger partial charge in [0.05, 0.1) is 39.7 Å². The molecule has 0 bridgehead atoms. The van der Waals surface area contributed by atoms with Gasteiger partial charge in [-0.25, -0.2) is 9.18 Å². The summed E-state index contributed by atoms with van der Waals surface area (Å²) in [5.74, 6) is -1.82. The standard InChI is InChI=1S/C20H22FN3O4S/c1-29-19-15-10(17(25)11(20(26)27)7-23(15)9-2-3-9)6-12(21)16(19)24-8-13(22)18-14(24)4-5-28-18/h6-7,9,13-14,18H,2-5,8,22H2,1H3,(H,26,27)/t13-,14+,18+/m0/s1. The maximum absolute atomic E-state index is 15.4. The second kappa shape index (κ2) is 6.72. The van der Waals surface area contributed by atoms with Crippen LogP contribution < -0.4 is 16.1 Å². The second-order valence-corrected chi connectivity index (χ2v) is 8.78. The Hall–Kier alpha value is -2.10. The van der Waals surface area contributed by atoms with Gasteiger partial charge >= 0.3 is 5.97 Å². The minimum absolute atomic E-state index is 0.00207. The van der Waals surface area contributed by atoms with Crippen molar-refractivity contribution in [2.24, 2.45) is 5.73 Å². The van der Waals surface area contributed by atoms with Gasteiger partial charge in [-0.3, -0.25) is 4.79 Å². The summed E-state index contributed by atoms with van der Waals surface area (Å²) >= 11 is 1.37. The van der Waals surface area contributed by atoms with Gasteiger partial charge in [0.15, 0.2) is 0 Å². The van der Waals surface area contributed by atoms with Crippen LogP contribution in [0, 0.1) is 5.82 Å². The largest absolute Gasteiger partial charge is 0.477 e. The normalized spacial score (nSPS) is 26.3. The molecule has 1 aromatic heterocycles. The molecule has 3 N–H and O–H groups in total. The number of nitrogens with zero attached hydrogens (tertiary/aromatic N) is 2. The summed E-state index contributed by atoms with van der Waals surface area (Å²) < 4.78 is 23.0. The van der Waals surface area contributed by atoms with E-state index in [1.165, 1.54) is 24.0 Å². The molecule has 1 aliphatic carbocycles. The zero-order valence-corrected chi connectivity index (χ0v) is 16.7. The molecule has 2 aromatic rings. The fourth-order valence-corrected chi connectivity index (χ4v) is 5.58. The number of carbonyl (C=O) groups is 1. The topological polar surface area (TPSA) is 97.8 Å². The highest BCUT2D eigenvalue weighted by Gasteiger charge is 2.46. The third kappa shape index (κ3) is 2.78. The quantitative estimate of drug-likeness (QED) is 0.733. The second-order valence-electron chi connectivity index (χ2n) is 7.96. The molecular formula is C20H22FN3O4S. The summed E-state index contributed by atoms with van der Waals surface area (Å²) in [6.07, 6.45) is 5.73.